The van der Waals surface area contributed by atoms with Crippen molar-refractivity contribution < 1.29 is 0 Å². The van der Waals surface area contributed by atoms with Crippen LogP contribution in [-0.2, 0) is 0 Å². The van der Waals surface area contributed by atoms with E-state index in [1.54, 1.807) is 0 Å². The van der Waals surface area contributed by atoms with E-state index in [-0.39, 0.29) is 0 Å². The second-order valence-electron chi connectivity index (χ2n) is 8.10. The van der Waals surface area contributed by atoms with Crippen LogP contribution in [0.3, 0.4) is 0 Å². The predicted octanol–water partition coefficient (Wildman–Crippen LogP) is 8.66. The number of hydrogen-bond acceptors (Lipinski definition) is 1. The van der Waals surface area contributed by atoms with Crippen molar-refractivity contribution in [1.82, 2.24) is 14.8 Å². The fourth-order valence-corrected chi connectivity index (χ4v) is 4.64. The Morgan fingerprint density at radius 3 is 2.00 bits per heavy atom. The number of rotatable bonds is 4. The summed E-state index contributed by atoms with van der Waals surface area (Å²) in [6.07, 6.45) is 0. The van der Waals surface area contributed by atoms with Gasteiger partial charge < -0.3 is 4.98 Å². The summed E-state index contributed by atoms with van der Waals surface area (Å²) in [6, 6.07) is 36.3. The average Bonchev–Trinajstić information content (AvgIpc) is 3.47. The Balaban J connectivity index is 1.68. The van der Waals surface area contributed by atoms with E-state index in [0.717, 1.165) is 50.4 Å². The Bertz CT molecular complexity index is 1600. The molecule has 0 radical (unpaired) electrons. The molecule has 0 spiro atoms. The zero-order valence-electron chi connectivity index (χ0n) is 18.0. The first-order chi connectivity index (χ1) is 16.7. The van der Waals surface area contributed by atoms with E-state index in [9.17, 15) is 0 Å². The lowest BCUT2D eigenvalue weighted by Gasteiger charge is -2.10. The van der Waals surface area contributed by atoms with Gasteiger partial charge in [0.1, 0.15) is 0 Å². The Hall–Kier alpha value is -3.79. The minimum absolute atomic E-state index is 0.685. The van der Waals surface area contributed by atoms with Crippen LogP contribution in [0.25, 0.3) is 50.4 Å². The van der Waals surface area contributed by atoms with Crippen LogP contribution in [0.5, 0.6) is 0 Å². The molecule has 2 aromatic heterocycles. The highest BCUT2D eigenvalue weighted by molar-refractivity contribution is 6.31. The van der Waals surface area contributed by atoms with Crippen molar-refractivity contribution in [3.63, 3.8) is 0 Å². The number of hydrogen-bond donors (Lipinski definition) is 1. The molecule has 0 saturated heterocycles. The molecule has 2 heterocycles. The molecule has 0 fully saturated rings. The van der Waals surface area contributed by atoms with Gasteiger partial charge in [0.05, 0.1) is 22.8 Å². The first-order valence-electron chi connectivity index (χ1n) is 11.0. The summed E-state index contributed by atoms with van der Waals surface area (Å²) in [5, 5.41) is 7.44. The van der Waals surface area contributed by atoms with Gasteiger partial charge >= 0.3 is 0 Å². The van der Waals surface area contributed by atoms with Gasteiger partial charge in [0.2, 0.25) is 0 Å². The van der Waals surface area contributed by atoms with Crippen LogP contribution >= 0.6 is 23.2 Å². The molecular formula is C29H19Cl2N3. The van der Waals surface area contributed by atoms with E-state index < -0.39 is 0 Å². The average molecular weight is 480 g/mol. The summed E-state index contributed by atoms with van der Waals surface area (Å²) in [5.41, 5.74) is 8.02. The second kappa shape index (κ2) is 8.53. The lowest BCUT2D eigenvalue weighted by Crippen LogP contribution is -1.99. The van der Waals surface area contributed by atoms with E-state index in [2.05, 4.69) is 35.3 Å². The monoisotopic (exact) mass is 479 g/mol. The minimum atomic E-state index is 0.685. The molecule has 0 unspecified atom stereocenters. The highest BCUT2D eigenvalue weighted by Crippen LogP contribution is 2.41. The smallest absolute Gasteiger partial charge is 0.0934 e. The van der Waals surface area contributed by atoms with Crippen LogP contribution in [-0.4, -0.2) is 14.8 Å². The van der Waals surface area contributed by atoms with Gasteiger partial charge in [-0.2, -0.15) is 5.10 Å². The van der Waals surface area contributed by atoms with Crippen molar-refractivity contribution >= 4 is 34.1 Å². The number of aromatic amines is 1. The van der Waals surface area contributed by atoms with E-state index >= 15 is 0 Å². The predicted molar refractivity (Wildman–Crippen MR) is 142 cm³/mol. The largest absolute Gasteiger partial charge is 0.354 e. The van der Waals surface area contributed by atoms with Crippen molar-refractivity contribution in [3.05, 3.63) is 119 Å². The van der Waals surface area contributed by atoms with Gasteiger partial charge in [-0.25, -0.2) is 4.68 Å². The molecule has 0 amide bonds. The number of H-pyrrole nitrogens is 1. The summed E-state index contributed by atoms with van der Waals surface area (Å²) in [4.78, 5) is 3.62. The standard InChI is InChI=1S/C29H19Cl2N3/c30-21-11-14-23(15-12-21)34-27(18-26(33-34)19-7-3-1-4-8-19)28-24-17-22(31)13-16-25(24)32-29(28)20-9-5-2-6-10-20/h1-18,32H. The molecule has 0 aliphatic carbocycles. The molecule has 0 atom stereocenters. The Kier molecular flexibility index (Phi) is 5.21. The van der Waals surface area contributed by atoms with Crippen LogP contribution < -0.4 is 0 Å². The molecule has 0 bridgehead atoms. The zero-order chi connectivity index (χ0) is 23.1. The molecule has 0 saturated carbocycles. The minimum Gasteiger partial charge on any atom is -0.354 e. The van der Waals surface area contributed by atoms with Gasteiger partial charge in [-0.3, -0.25) is 0 Å². The fraction of sp³-hybridized carbons (Fsp3) is 0. The summed E-state index contributed by atoms with van der Waals surface area (Å²) in [6.45, 7) is 0. The molecule has 5 heteroatoms. The van der Waals surface area contributed by atoms with Crippen molar-refractivity contribution in [2.75, 3.05) is 0 Å². The molecule has 6 aromatic rings. The number of nitrogens with zero attached hydrogens (tertiary/aromatic N) is 2. The fourth-order valence-electron chi connectivity index (χ4n) is 4.34. The normalized spacial score (nSPS) is 11.2. The van der Waals surface area contributed by atoms with Gasteiger partial charge in [-0.15, -0.1) is 0 Å². The number of fused-ring (bicyclic) bond motifs is 1. The number of halogens is 2. The van der Waals surface area contributed by atoms with Crippen LogP contribution in [0, 0.1) is 0 Å². The van der Waals surface area contributed by atoms with E-state index in [4.69, 9.17) is 28.3 Å². The van der Waals surface area contributed by atoms with Gasteiger partial charge in [-0.05, 0) is 54.1 Å². The van der Waals surface area contributed by atoms with Gasteiger partial charge in [0, 0.05) is 32.1 Å². The van der Waals surface area contributed by atoms with Crippen molar-refractivity contribution in [1.29, 1.82) is 0 Å². The Morgan fingerprint density at radius 1 is 0.647 bits per heavy atom. The van der Waals surface area contributed by atoms with Gasteiger partial charge in [-0.1, -0.05) is 83.9 Å². The second-order valence-corrected chi connectivity index (χ2v) is 8.97. The third-order valence-electron chi connectivity index (χ3n) is 5.93. The molecule has 1 N–H and O–H groups in total. The molecule has 6 rings (SSSR count). The molecule has 0 aliphatic rings. The highest BCUT2D eigenvalue weighted by atomic mass is 35.5. The van der Waals surface area contributed by atoms with Gasteiger partial charge in [0.15, 0.2) is 0 Å². The molecular weight excluding hydrogens is 461 g/mol. The summed E-state index contributed by atoms with van der Waals surface area (Å²) < 4.78 is 1.98. The molecule has 4 aromatic carbocycles. The summed E-state index contributed by atoms with van der Waals surface area (Å²) in [5.74, 6) is 0. The number of aromatic nitrogens is 3. The first kappa shape index (κ1) is 20.8. The molecule has 34 heavy (non-hydrogen) atoms. The maximum atomic E-state index is 6.46. The zero-order valence-corrected chi connectivity index (χ0v) is 19.6. The van der Waals surface area contributed by atoms with E-state index in [1.165, 1.54) is 0 Å². The summed E-state index contributed by atoms with van der Waals surface area (Å²) >= 11 is 12.6. The highest BCUT2D eigenvalue weighted by Gasteiger charge is 2.21. The van der Waals surface area contributed by atoms with Crippen LogP contribution in [0.15, 0.2) is 109 Å². The third kappa shape index (κ3) is 3.69. The van der Waals surface area contributed by atoms with Crippen LogP contribution in [0.4, 0.5) is 0 Å². The maximum Gasteiger partial charge on any atom is 0.0934 e. The van der Waals surface area contributed by atoms with Crippen LogP contribution in [0.1, 0.15) is 0 Å². The summed E-state index contributed by atoms with van der Waals surface area (Å²) in [7, 11) is 0. The van der Waals surface area contributed by atoms with E-state index in [1.807, 2.05) is 83.5 Å². The van der Waals surface area contributed by atoms with Crippen molar-refractivity contribution in [3.8, 4) is 39.5 Å². The van der Waals surface area contributed by atoms with Crippen molar-refractivity contribution in [2.24, 2.45) is 0 Å². The molecule has 3 nitrogen and oxygen atoms in total. The first-order valence-corrected chi connectivity index (χ1v) is 11.7. The Labute approximate surface area is 207 Å². The lowest BCUT2D eigenvalue weighted by molar-refractivity contribution is 0.893. The quantitative estimate of drug-likeness (QED) is 0.269. The SMILES string of the molecule is Clc1ccc(-n2nc(-c3ccccc3)cc2-c2c(-c3ccccc3)[nH]c3ccc(Cl)cc23)cc1. The molecule has 164 valence electrons. The molecule has 0 aliphatic heterocycles. The van der Waals surface area contributed by atoms with Gasteiger partial charge in [0.25, 0.3) is 0 Å². The van der Waals surface area contributed by atoms with Crippen LogP contribution in [0.2, 0.25) is 10.0 Å². The maximum absolute atomic E-state index is 6.46. The Morgan fingerprint density at radius 2 is 1.29 bits per heavy atom. The number of benzene rings is 4. The lowest BCUT2D eigenvalue weighted by atomic mass is 10.0. The third-order valence-corrected chi connectivity index (χ3v) is 6.42. The number of nitrogens with one attached hydrogen (secondary N) is 1. The van der Waals surface area contributed by atoms with Crippen molar-refractivity contribution in [2.45, 2.75) is 0 Å². The van der Waals surface area contributed by atoms with E-state index in [0.29, 0.717) is 10.0 Å². The topological polar surface area (TPSA) is 33.6 Å².